The molecule has 0 radical (unpaired) electrons. The van der Waals surface area contributed by atoms with Crippen LogP contribution < -0.4 is 5.32 Å². The van der Waals surface area contributed by atoms with Crippen LogP contribution in [-0.2, 0) is 10.0 Å². The highest BCUT2D eigenvalue weighted by molar-refractivity contribution is 7.89. The lowest BCUT2D eigenvalue weighted by molar-refractivity contribution is -0.0412. The van der Waals surface area contributed by atoms with Crippen LogP contribution in [0.2, 0.25) is 0 Å². The number of nitrogens with one attached hydrogen (secondary N) is 1. The van der Waals surface area contributed by atoms with E-state index in [1.165, 1.54) is 4.40 Å². The molecule has 0 atom stereocenters. The van der Waals surface area contributed by atoms with E-state index < -0.39 is 28.8 Å². The number of alkyl halides is 2. The van der Waals surface area contributed by atoms with Crippen LogP contribution in [0.1, 0.15) is 54.2 Å². The zero-order chi connectivity index (χ0) is 24.0. The van der Waals surface area contributed by atoms with Gasteiger partial charge in [0.05, 0.1) is 5.69 Å². The molecule has 0 spiro atoms. The number of nitrogens with zero attached hydrogens (tertiary/aromatic N) is 4. The van der Waals surface area contributed by atoms with Crippen molar-refractivity contribution in [2.45, 2.75) is 50.5 Å². The van der Waals surface area contributed by atoms with E-state index in [1.54, 1.807) is 43.7 Å². The SMILES string of the molecule is Cc1cn2c(S(=O)(=O)N3CCC(F)(F)CC3)c(C(C)C)nc2cc1C(=O)Nc1ccncc1. The zero-order valence-electron chi connectivity index (χ0n) is 18.5. The summed E-state index contributed by atoms with van der Waals surface area (Å²) in [7, 11) is -4.08. The number of sulfonamides is 1. The standard InChI is InChI=1S/C22H25F2N5O3S/c1-14(2)19-21(33(31,32)28-10-6-22(23,24)7-11-28)29-13-15(3)17(12-18(29)27-19)20(30)26-16-4-8-25-9-5-16/h4-5,8-9,12-14H,6-7,10-11H2,1-3H3,(H,25,26,30). The normalized spacial score (nSPS) is 16.9. The van der Waals surface area contributed by atoms with Crippen LogP contribution in [0.25, 0.3) is 5.65 Å². The van der Waals surface area contributed by atoms with Crippen molar-refractivity contribution in [3.8, 4) is 0 Å². The van der Waals surface area contributed by atoms with Gasteiger partial charge < -0.3 is 5.32 Å². The Labute approximate surface area is 190 Å². The number of hydrogen-bond donors (Lipinski definition) is 1. The summed E-state index contributed by atoms with van der Waals surface area (Å²) in [5, 5.41) is 2.74. The molecule has 1 aliphatic rings. The van der Waals surface area contributed by atoms with Crippen molar-refractivity contribution < 1.29 is 22.0 Å². The molecule has 4 heterocycles. The third-order valence-corrected chi connectivity index (χ3v) is 7.65. The minimum absolute atomic E-state index is 0.0399. The first-order valence-corrected chi connectivity index (χ1v) is 12.1. The quantitative estimate of drug-likeness (QED) is 0.602. The van der Waals surface area contributed by atoms with E-state index in [0.29, 0.717) is 28.2 Å². The summed E-state index contributed by atoms with van der Waals surface area (Å²) in [4.78, 5) is 21.3. The van der Waals surface area contributed by atoms with Gasteiger partial charge in [-0.25, -0.2) is 22.2 Å². The maximum absolute atomic E-state index is 13.6. The maximum Gasteiger partial charge on any atom is 0.260 e. The maximum atomic E-state index is 13.6. The fourth-order valence-corrected chi connectivity index (χ4v) is 5.72. The molecule has 3 aromatic rings. The first kappa shape index (κ1) is 23.2. The molecule has 8 nitrogen and oxygen atoms in total. The lowest BCUT2D eigenvalue weighted by Crippen LogP contribution is -2.43. The van der Waals surface area contributed by atoms with Gasteiger partial charge in [-0.15, -0.1) is 0 Å². The molecule has 0 saturated carbocycles. The highest BCUT2D eigenvalue weighted by Crippen LogP contribution is 2.34. The summed E-state index contributed by atoms with van der Waals surface area (Å²) in [5.74, 6) is -3.46. The third-order valence-electron chi connectivity index (χ3n) is 5.71. The molecule has 0 aromatic carbocycles. The number of carbonyl (C=O) groups is 1. The van der Waals surface area contributed by atoms with Crippen LogP contribution in [0.4, 0.5) is 14.5 Å². The Morgan fingerprint density at radius 2 is 1.82 bits per heavy atom. The van der Waals surface area contributed by atoms with Crippen molar-refractivity contribution in [1.82, 2.24) is 18.7 Å². The van der Waals surface area contributed by atoms with Gasteiger partial charge in [-0.2, -0.15) is 4.31 Å². The van der Waals surface area contributed by atoms with Crippen molar-refractivity contribution in [3.63, 3.8) is 0 Å². The number of halogens is 2. The average molecular weight is 478 g/mol. The van der Waals surface area contributed by atoms with Gasteiger partial charge in [-0.05, 0) is 36.6 Å². The molecule has 0 unspecified atom stereocenters. The Morgan fingerprint density at radius 3 is 2.42 bits per heavy atom. The number of imidazole rings is 1. The monoisotopic (exact) mass is 477 g/mol. The molecular formula is C22H25F2N5O3S. The molecule has 1 aliphatic heterocycles. The Morgan fingerprint density at radius 1 is 1.18 bits per heavy atom. The summed E-state index contributed by atoms with van der Waals surface area (Å²) in [6.07, 6.45) is 3.64. The summed E-state index contributed by atoms with van der Waals surface area (Å²) < 4.78 is 56.8. The van der Waals surface area contributed by atoms with E-state index in [4.69, 9.17) is 0 Å². The number of anilines is 1. The molecule has 0 aliphatic carbocycles. The van der Waals surface area contributed by atoms with Gasteiger partial charge in [0.15, 0.2) is 5.03 Å². The summed E-state index contributed by atoms with van der Waals surface area (Å²) in [6.45, 7) is 4.81. The number of pyridine rings is 2. The molecule has 1 fully saturated rings. The van der Waals surface area contributed by atoms with E-state index in [0.717, 1.165) is 4.31 Å². The second-order valence-electron chi connectivity index (χ2n) is 8.51. The van der Waals surface area contributed by atoms with Crippen LogP contribution in [-0.4, -0.2) is 52.0 Å². The summed E-state index contributed by atoms with van der Waals surface area (Å²) in [6, 6.07) is 4.86. The van der Waals surface area contributed by atoms with Crippen molar-refractivity contribution in [1.29, 1.82) is 0 Å². The number of aromatic nitrogens is 3. The van der Waals surface area contributed by atoms with Gasteiger partial charge in [0, 0.05) is 55.8 Å². The number of carbonyl (C=O) groups excluding carboxylic acids is 1. The molecule has 0 bridgehead atoms. The minimum Gasteiger partial charge on any atom is -0.322 e. The number of aryl methyl sites for hydroxylation is 1. The molecular weight excluding hydrogens is 452 g/mol. The Kier molecular flexibility index (Phi) is 5.95. The lowest BCUT2D eigenvalue weighted by Gasteiger charge is -2.31. The van der Waals surface area contributed by atoms with Crippen molar-refractivity contribution in [3.05, 3.63) is 53.6 Å². The number of amides is 1. The molecule has 1 saturated heterocycles. The number of hydrogen-bond acceptors (Lipinski definition) is 5. The van der Waals surface area contributed by atoms with Gasteiger partial charge in [0.2, 0.25) is 0 Å². The van der Waals surface area contributed by atoms with E-state index >= 15 is 0 Å². The van der Waals surface area contributed by atoms with E-state index in [-0.39, 0.29) is 29.9 Å². The first-order valence-electron chi connectivity index (χ1n) is 10.6. The molecule has 33 heavy (non-hydrogen) atoms. The third kappa shape index (κ3) is 4.47. The van der Waals surface area contributed by atoms with Crippen molar-refractivity contribution in [2.24, 2.45) is 0 Å². The topological polar surface area (TPSA) is 96.7 Å². The smallest absolute Gasteiger partial charge is 0.260 e. The van der Waals surface area contributed by atoms with Crippen molar-refractivity contribution >= 4 is 27.3 Å². The molecule has 1 N–H and O–H groups in total. The lowest BCUT2D eigenvalue weighted by atomic mass is 10.1. The van der Waals surface area contributed by atoms with Gasteiger partial charge in [-0.1, -0.05) is 13.8 Å². The van der Waals surface area contributed by atoms with E-state index in [9.17, 15) is 22.0 Å². The average Bonchev–Trinajstić information content (AvgIpc) is 3.13. The van der Waals surface area contributed by atoms with Crippen LogP contribution in [0, 0.1) is 6.92 Å². The van der Waals surface area contributed by atoms with Crippen molar-refractivity contribution in [2.75, 3.05) is 18.4 Å². The van der Waals surface area contributed by atoms with Crippen LogP contribution in [0.3, 0.4) is 0 Å². The second-order valence-corrected chi connectivity index (χ2v) is 10.4. The van der Waals surface area contributed by atoms with E-state index in [1.807, 2.05) is 13.8 Å². The Bertz CT molecular complexity index is 1300. The summed E-state index contributed by atoms with van der Waals surface area (Å²) >= 11 is 0. The number of fused-ring (bicyclic) bond motifs is 1. The van der Waals surface area contributed by atoms with Crippen LogP contribution in [0.15, 0.2) is 41.8 Å². The number of piperidine rings is 1. The van der Waals surface area contributed by atoms with Gasteiger partial charge in [0.1, 0.15) is 5.65 Å². The first-order chi connectivity index (χ1) is 15.5. The van der Waals surface area contributed by atoms with Crippen LogP contribution in [0.5, 0.6) is 0 Å². The van der Waals surface area contributed by atoms with Gasteiger partial charge in [0.25, 0.3) is 21.9 Å². The highest BCUT2D eigenvalue weighted by Gasteiger charge is 2.41. The highest BCUT2D eigenvalue weighted by atomic mass is 32.2. The number of rotatable bonds is 5. The molecule has 11 heteroatoms. The Hall–Kier alpha value is -2.92. The van der Waals surface area contributed by atoms with E-state index in [2.05, 4.69) is 15.3 Å². The van der Waals surface area contributed by atoms with Crippen LogP contribution >= 0.6 is 0 Å². The fourth-order valence-electron chi connectivity index (χ4n) is 3.87. The zero-order valence-corrected chi connectivity index (χ0v) is 19.4. The predicted molar refractivity (Wildman–Crippen MR) is 119 cm³/mol. The van der Waals surface area contributed by atoms with Gasteiger partial charge in [-0.3, -0.25) is 14.2 Å². The Balaban J connectivity index is 1.77. The summed E-state index contributed by atoms with van der Waals surface area (Å²) in [5.41, 5.74) is 2.10. The molecule has 176 valence electrons. The van der Waals surface area contributed by atoms with Gasteiger partial charge >= 0.3 is 0 Å². The largest absolute Gasteiger partial charge is 0.322 e. The minimum atomic E-state index is -4.08. The molecule has 3 aromatic heterocycles. The molecule has 1 amide bonds. The predicted octanol–water partition coefficient (Wildman–Crippen LogP) is 3.83. The fraction of sp³-hybridized carbons (Fsp3) is 0.409. The second kappa shape index (κ2) is 8.45. The molecule has 4 rings (SSSR count).